The number of aliphatic imine (C=N–C) groups is 1. The molecular formula is C11H15N3. The maximum atomic E-state index is 4.29. The van der Waals surface area contributed by atoms with Gasteiger partial charge in [0.2, 0.25) is 0 Å². The van der Waals surface area contributed by atoms with Crippen LogP contribution in [0.15, 0.2) is 23.3 Å². The molecule has 1 aromatic heterocycles. The molecule has 0 bridgehead atoms. The number of hydrogen-bond acceptors (Lipinski definition) is 2. The number of nitrogens with zero attached hydrogens (tertiary/aromatic N) is 3. The lowest BCUT2D eigenvalue weighted by atomic mass is 10.2. The summed E-state index contributed by atoms with van der Waals surface area (Å²) in [5, 5.41) is 0. The molecule has 0 amide bonds. The Balaban J connectivity index is 2.05. The molecule has 0 N–H and O–H groups in total. The fourth-order valence-electron chi connectivity index (χ4n) is 1.31. The average Bonchev–Trinajstić information content (AvgIpc) is 2.99. The molecule has 1 saturated carbocycles. The first-order valence-corrected chi connectivity index (χ1v) is 4.92. The second kappa shape index (κ2) is 3.78. The van der Waals surface area contributed by atoms with Crippen LogP contribution in [0.25, 0.3) is 0 Å². The number of aromatic nitrogens is 1. The molecule has 0 aromatic carbocycles. The molecule has 3 heteroatoms. The highest BCUT2D eigenvalue weighted by atomic mass is 15.1. The van der Waals surface area contributed by atoms with Gasteiger partial charge in [0, 0.05) is 20.3 Å². The Morgan fingerprint density at radius 1 is 1.43 bits per heavy atom. The van der Waals surface area contributed by atoms with E-state index in [-0.39, 0.29) is 0 Å². The Labute approximate surface area is 84.5 Å². The lowest BCUT2D eigenvalue weighted by Crippen LogP contribution is -2.07. The van der Waals surface area contributed by atoms with Crippen molar-refractivity contribution in [2.24, 2.45) is 4.99 Å². The number of rotatable bonds is 3. The summed E-state index contributed by atoms with van der Waals surface area (Å²) in [4.78, 5) is 10.4. The van der Waals surface area contributed by atoms with E-state index in [1.807, 2.05) is 31.3 Å². The van der Waals surface area contributed by atoms with Crippen LogP contribution >= 0.6 is 0 Å². The van der Waals surface area contributed by atoms with Gasteiger partial charge in [0.25, 0.3) is 0 Å². The van der Waals surface area contributed by atoms with E-state index in [1.165, 1.54) is 18.4 Å². The summed E-state index contributed by atoms with van der Waals surface area (Å²) in [6.45, 7) is 0. The molecule has 14 heavy (non-hydrogen) atoms. The predicted octanol–water partition coefficient (Wildman–Crippen LogP) is 2.18. The van der Waals surface area contributed by atoms with Crippen LogP contribution in [0.4, 0.5) is 5.82 Å². The minimum Gasteiger partial charge on any atom is -0.369 e. The van der Waals surface area contributed by atoms with E-state index >= 15 is 0 Å². The third kappa shape index (κ3) is 2.31. The van der Waals surface area contributed by atoms with Crippen LogP contribution in [-0.4, -0.2) is 30.3 Å². The van der Waals surface area contributed by atoms with Crippen molar-refractivity contribution in [3.05, 3.63) is 23.9 Å². The van der Waals surface area contributed by atoms with Gasteiger partial charge in [0.05, 0.1) is 6.34 Å². The van der Waals surface area contributed by atoms with Gasteiger partial charge in [-0.3, -0.25) is 0 Å². The molecule has 1 aliphatic rings. The Kier molecular flexibility index (Phi) is 2.48. The summed E-state index contributed by atoms with van der Waals surface area (Å²) in [5.41, 5.74) is 1.36. The van der Waals surface area contributed by atoms with Crippen molar-refractivity contribution in [1.82, 2.24) is 9.88 Å². The molecule has 2 rings (SSSR count). The van der Waals surface area contributed by atoms with Crippen LogP contribution in [0, 0.1) is 0 Å². The molecule has 1 heterocycles. The van der Waals surface area contributed by atoms with Gasteiger partial charge in [-0.15, -0.1) is 0 Å². The lowest BCUT2D eigenvalue weighted by Gasteiger charge is -2.02. The second-order valence-electron chi connectivity index (χ2n) is 3.93. The smallest absolute Gasteiger partial charge is 0.153 e. The minimum absolute atomic E-state index is 0.773. The highest BCUT2D eigenvalue weighted by Gasteiger charge is 2.23. The zero-order valence-corrected chi connectivity index (χ0v) is 8.64. The first-order chi connectivity index (χ1) is 6.75. The highest BCUT2D eigenvalue weighted by molar-refractivity contribution is 5.58. The quantitative estimate of drug-likeness (QED) is 0.538. The van der Waals surface area contributed by atoms with Crippen molar-refractivity contribution >= 4 is 12.2 Å². The van der Waals surface area contributed by atoms with Gasteiger partial charge < -0.3 is 4.90 Å². The molecule has 0 spiro atoms. The zero-order valence-electron chi connectivity index (χ0n) is 8.64. The zero-order chi connectivity index (χ0) is 9.97. The Hall–Kier alpha value is -1.38. The van der Waals surface area contributed by atoms with Crippen molar-refractivity contribution in [1.29, 1.82) is 0 Å². The summed E-state index contributed by atoms with van der Waals surface area (Å²) in [6.07, 6.45) is 6.35. The van der Waals surface area contributed by atoms with Crippen LogP contribution < -0.4 is 0 Å². The first-order valence-electron chi connectivity index (χ1n) is 4.92. The van der Waals surface area contributed by atoms with E-state index < -0.39 is 0 Å². The summed E-state index contributed by atoms with van der Waals surface area (Å²) in [5.74, 6) is 1.55. The van der Waals surface area contributed by atoms with Crippen LogP contribution in [0.5, 0.6) is 0 Å². The van der Waals surface area contributed by atoms with Crippen molar-refractivity contribution in [3.8, 4) is 0 Å². The Morgan fingerprint density at radius 2 is 2.21 bits per heavy atom. The minimum atomic E-state index is 0.773. The molecule has 1 aliphatic carbocycles. The van der Waals surface area contributed by atoms with Crippen molar-refractivity contribution in [2.45, 2.75) is 18.8 Å². The molecule has 3 nitrogen and oxygen atoms in total. The molecule has 0 unspecified atom stereocenters. The fourth-order valence-corrected chi connectivity index (χ4v) is 1.31. The van der Waals surface area contributed by atoms with Crippen molar-refractivity contribution in [2.75, 3.05) is 14.1 Å². The van der Waals surface area contributed by atoms with E-state index in [0.717, 1.165) is 11.7 Å². The molecule has 0 radical (unpaired) electrons. The van der Waals surface area contributed by atoms with E-state index in [0.29, 0.717) is 0 Å². The molecule has 1 fully saturated rings. The second-order valence-corrected chi connectivity index (χ2v) is 3.93. The van der Waals surface area contributed by atoms with Gasteiger partial charge in [-0.25, -0.2) is 9.98 Å². The largest absolute Gasteiger partial charge is 0.369 e. The maximum absolute atomic E-state index is 4.29. The Bertz CT molecular complexity index is 323. The third-order valence-electron chi connectivity index (χ3n) is 2.24. The van der Waals surface area contributed by atoms with E-state index in [1.54, 1.807) is 6.34 Å². The standard InChI is InChI=1S/C11H15N3/c1-14(2)8-13-11-6-5-10(7-12-11)9-3-4-9/h5-9H,3-4H2,1-2H3. The van der Waals surface area contributed by atoms with E-state index in [9.17, 15) is 0 Å². The summed E-state index contributed by atoms with van der Waals surface area (Å²) in [7, 11) is 3.89. The van der Waals surface area contributed by atoms with Gasteiger partial charge in [0.1, 0.15) is 0 Å². The SMILES string of the molecule is CN(C)C=Nc1ccc(C2CC2)cn1. The monoisotopic (exact) mass is 189 g/mol. The van der Waals surface area contributed by atoms with Gasteiger partial charge in [0.15, 0.2) is 5.82 Å². The highest BCUT2D eigenvalue weighted by Crippen LogP contribution is 2.39. The van der Waals surface area contributed by atoms with Crippen molar-refractivity contribution in [3.63, 3.8) is 0 Å². The summed E-state index contributed by atoms with van der Waals surface area (Å²) < 4.78 is 0. The number of pyridine rings is 1. The van der Waals surface area contributed by atoms with Gasteiger partial charge >= 0.3 is 0 Å². The summed E-state index contributed by atoms with van der Waals surface area (Å²) >= 11 is 0. The summed E-state index contributed by atoms with van der Waals surface area (Å²) in [6, 6.07) is 4.11. The topological polar surface area (TPSA) is 28.5 Å². The Morgan fingerprint density at radius 3 is 2.71 bits per heavy atom. The lowest BCUT2D eigenvalue weighted by molar-refractivity contribution is 0.643. The molecule has 74 valence electrons. The molecule has 0 aliphatic heterocycles. The molecule has 1 aromatic rings. The van der Waals surface area contributed by atoms with Crippen LogP contribution in [0.3, 0.4) is 0 Å². The molecule has 0 atom stereocenters. The molecule has 0 saturated heterocycles. The van der Waals surface area contributed by atoms with E-state index in [4.69, 9.17) is 0 Å². The van der Waals surface area contributed by atoms with Gasteiger partial charge in [-0.1, -0.05) is 6.07 Å². The van der Waals surface area contributed by atoms with Crippen LogP contribution in [0.1, 0.15) is 24.3 Å². The maximum Gasteiger partial charge on any atom is 0.153 e. The predicted molar refractivity (Wildman–Crippen MR) is 58.1 cm³/mol. The van der Waals surface area contributed by atoms with Crippen molar-refractivity contribution < 1.29 is 0 Å². The average molecular weight is 189 g/mol. The fraction of sp³-hybridized carbons (Fsp3) is 0.455. The van der Waals surface area contributed by atoms with Crippen LogP contribution in [0.2, 0.25) is 0 Å². The molecular weight excluding hydrogens is 174 g/mol. The van der Waals surface area contributed by atoms with E-state index in [2.05, 4.69) is 16.0 Å². The van der Waals surface area contributed by atoms with Gasteiger partial charge in [-0.2, -0.15) is 0 Å². The first kappa shape index (κ1) is 9.19. The number of hydrogen-bond donors (Lipinski definition) is 0. The van der Waals surface area contributed by atoms with Crippen LogP contribution in [-0.2, 0) is 0 Å². The third-order valence-corrected chi connectivity index (χ3v) is 2.24. The normalized spacial score (nSPS) is 16.1. The van der Waals surface area contributed by atoms with Gasteiger partial charge in [-0.05, 0) is 30.4 Å².